The number of carboxylic acids is 1. The summed E-state index contributed by atoms with van der Waals surface area (Å²) in [6.07, 6.45) is 11.5. The first-order valence-electron chi connectivity index (χ1n) is 13.1. The number of benzene rings is 1. The number of carbonyl (C=O) groups is 1. The van der Waals surface area contributed by atoms with Gasteiger partial charge in [0.05, 0.1) is 27.1 Å². The van der Waals surface area contributed by atoms with E-state index >= 15 is 0 Å². The van der Waals surface area contributed by atoms with Crippen molar-refractivity contribution in [1.82, 2.24) is 15.1 Å². The van der Waals surface area contributed by atoms with Crippen LogP contribution >= 0.6 is 34.5 Å². The van der Waals surface area contributed by atoms with Crippen LogP contribution in [0.2, 0.25) is 10.0 Å². The smallest absolute Gasteiger partial charge is 0.335 e. The zero-order valence-electron chi connectivity index (χ0n) is 21.1. The van der Waals surface area contributed by atoms with Crippen LogP contribution in [0.4, 0.5) is 5.13 Å². The predicted molar refractivity (Wildman–Crippen MR) is 154 cm³/mol. The molecule has 4 aromatic rings. The Labute approximate surface area is 243 Å². The molecule has 1 aromatic carbocycles. The van der Waals surface area contributed by atoms with Crippen molar-refractivity contribution >= 4 is 51.7 Å². The summed E-state index contributed by atoms with van der Waals surface area (Å²) in [5.41, 5.74) is 3.74. The zero-order chi connectivity index (χ0) is 27.5. The molecule has 11 heteroatoms. The monoisotopic (exact) mass is 594 g/mol. The molecular weight excluding hydrogens is 571 g/mol. The van der Waals surface area contributed by atoms with Crippen molar-refractivity contribution in [3.05, 3.63) is 75.4 Å². The van der Waals surface area contributed by atoms with Crippen LogP contribution in [0.1, 0.15) is 46.0 Å². The molecule has 3 fully saturated rings. The SMILES string of the molecule is O=C(O)c1cc(CO)cc(-c2cnc(N3CC4C(/C=C/c5c(-c6c(Cl)cncc6Cl)noc5C5CC5)C4C3)s2)c1. The summed E-state index contributed by atoms with van der Waals surface area (Å²) >= 11 is 14.4. The summed E-state index contributed by atoms with van der Waals surface area (Å²) in [6.45, 7) is 1.61. The minimum Gasteiger partial charge on any atom is -0.478 e. The van der Waals surface area contributed by atoms with Gasteiger partial charge in [-0.3, -0.25) is 4.98 Å². The maximum atomic E-state index is 11.5. The van der Waals surface area contributed by atoms with E-state index < -0.39 is 5.97 Å². The highest BCUT2D eigenvalue weighted by atomic mass is 35.5. The number of rotatable bonds is 8. The van der Waals surface area contributed by atoms with Crippen LogP contribution in [0, 0.1) is 17.8 Å². The number of hydrogen-bond acceptors (Lipinski definition) is 8. The Balaban J connectivity index is 1.07. The lowest BCUT2D eigenvalue weighted by atomic mass is 10.0. The van der Waals surface area contributed by atoms with Crippen LogP contribution < -0.4 is 4.90 Å². The Kier molecular flexibility index (Phi) is 6.42. The van der Waals surface area contributed by atoms with E-state index in [2.05, 4.69) is 32.2 Å². The molecule has 2 N–H and O–H groups in total. The summed E-state index contributed by atoms with van der Waals surface area (Å²) in [4.78, 5) is 23.4. The van der Waals surface area contributed by atoms with Gasteiger partial charge in [0.15, 0.2) is 5.13 Å². The first-order valence-corrected chi connectivity index (χ1v) is 14.6. The van der Waals surface area contributed by atoms with E-state index in [1.165, 1.54) is 6.07 Å². The molecule has 0 bridgehead atoms. The molecule has 2 aliphatic carbocycles. The minimum atomic E-state index is -1.02. The van der Waals surface area contributed by atoms with Crippen LogP contribution in [-0.4, -0.2) is 44.4 Å². The molecule has 3 aliphatic rings. The third-order valence-corrected chi connectivity index (χ3v) is 9.69. The van der Waals surface area contributed by atoms with E-state index in [9.17, 15) is 15.0 Å². The van der Waals surface area contributed by atoms with Gasteiger partial charge >= 0.3 is 5.97 Å². The number of fused-ring (bicyclic) bond motifs is 1. The number of carboxylic acid groups (broad SMARTS) is 1. The number of hydrogen-bond donors (Lipinski definition) is 2. The summed E-state index contributed by atoms with van der Waals surface area (Å²) < 4.78 is 5.78. The summed E-state index contributed by atoms with van der Waals surface area (Å²) in [6, 6.07) is 4.93. The van der Waals surface area contributed by atoms with Gasteiger partial charge in [0, 0.05) is 48.7 Å². The van der Waals surface area contributed by atoms with Gasteiger partial charge in [-0.25, -0.2) is 9.78 Å². The maximum absolute atomic E-state index is 11.5. The number of halogens is 2. The van der Waals surface area contributed by atoms with Gasteiger partial charge in [0.1, 0.15) is 11.5 Å². The lowest BCUT2D eigenvalue weighted by Crippen LogP contribution is -2.23. The first-order chi connectivity index (χ1) is 19.4. The predicted octanol–water partition coefficient (Wildman–Crippen LogP) is 6.63. The van der Waals surface area contributed by atoms with Crippen LogP contribution in [0.25, 0.3) is 27.8 Å². The number of allylic oxidation sites excluding steroid dienone is 1. The van der Waals surface area contributed by atoms with Crippen molar-refractivity contribution in [2.45, 2.75) is 25.4 Å². The number of pyridine rings is 1. The van der Waals surface area contributed by atoms with E-state index in [0.717, 1.165) is 52.8 Å². The fraction of sp³-hybridized carbons (Fsp3) is 0.310. The molecule has 8 nitrogen and oxygen atoms in total. The quantitative estimate of drug-likeness (QED) is 0.234. The van der Waals surface area contributed by atoms with Gasteiger partial charge < -0.3 is 19.6 Å². The molecule has 1 saturated heterocycles. The first kappa shape index (κ1) is 25.7. The Morgan fingerprint density at radius 1 is 1.12 bits per heavy atom. The Morgan fingerprint density at radius 3 is 2.55 bits per heavy atom. The maximum Gasteiger partial charge on any atom is 0.335 e. The van der Waals surface area contributed by atoms with Gasteiger partial charge in [-0.2, -0.15) is 0 Å². The summed E-state index contributed by atoms with van der Waals surface area (Å²) in [5.74, 6) is 1.82. The van der Waals surface area contributed by atoms with E-state index in [4.69, 9.17) is 27.7 Å². The fourth-order valence-electron chi connectivity index (χ4n) is 5.74. The fourth-order valence-corrected chi connectivity index (χ4v) is 7.21. The summed E-state index contributed by atoms with van der Waals surface area (Å²) in [7, 11) is 0. The average Bonchev–Trinajstić information content (AvgIpc) is 3.68. The molecule has 3 aromatic heterocycles. The zero-order valence-corrected chi connectivity index (χ0v) is 23.5. The molecule has 4 heterocycles. The number of thiazole rings is 1. The second-order valence-corrected chi connectivity index (χ2v) is 12.4. The van der Waals surface area contributed by atoms with E-state index in [1.54, 1.807) is 36.0 Å². The molecule has 2 unspecified atom stereocenters. The lowest BCUT2D eigenvalue weighted by Gasteiger charge is -2.17. The van der Waals surface area contributed by atoms with E-state index in [0.29, 0.717) is 50.5 Å². The number of anilines is 1. The normalized spacial score (nSPS) is 21.8. The number of aromatic carboxylic acids is 1. The molecule has 7 rings (SSSR count). The molecular formula is C29H24Cl2N4O4S. The van der Waals surface area contributed by atoms with Crippen molar-refractivity contribution in [3.8, 4) is 21.7 Å². The molecule has 0 spiro atoms. The number of aliphatic hydroxyl groups is 1. The standard InChI is InChI=1S/C29H24Cl2N4O4S/c30-22-8-32-9-23(31)25(22)26-19(27(39-34-26)15-1-2-15)4-3-18-20-11-35(12-21(18)20)29-33-10-24(40-29)16-5-14(13-36)6-17(7-16)28(37)38/h3-10,15,18,20-21,36H,1-2,11-13H2,(H,37,38)/b4-3+. The minimum absolute atomic E-state index is 0.155. The van der Waals surface area contributed by atoms with Gasteiger partial charge in [0.25, 0.3) is 0 Å². The topological polar surface area (TPSA) is 113 Å². The van der Waals surface area contributed by atoms with E-state index in [-0.39, 0.29) is 12.2 Å². The number of aliphatic hydroxyl groups excluding tert-OH is 1. The molecule has 2 atom stereocenters. The Morgan fingerprint density at radius 2 is 1.88 bits per heavy atom. The van der Waals surface area contributed by atoms with Crippen molar-refractivity contribution < 1.29 is 19.5 Å². The molecule has 204 valence electrons. The molecule has 0 radical (unpaired) electrons. The van der Waals surface area contributed by atoms with Gasteiger partial charge in [-0.15, -0.1) is 0 Å². The third kappa shape index (κ3) is 4.60. The Bertz CT molecular complexity index is 1630. The van der Waals surface area contributed by atoms with Crippen LogP contribution in [0.15, 0.2) is 47.4 Å². The number of nitrogens with zero attached hydrogens (tertiary/aromatic N) is 4. The number of piperidine rings is 1. The van der Waals surface area contributed by atoms with Crippen LogP contribution in [-0.2, 0) is 6.61 Å². The van der Waals surface area contributed by atoms with E-state index in [1.807, 2.05) is 6.07 Å². The van der Waals surface area contributed by atoms with Gasteiger partial charge in [-0.05, 0) is 59.9 Å². The average molecular weight is 596 g/mol. The third-order valence-electron chi connectivity index (χ3n) is 8.01. The van der Waals surface area contributed by atoms with Crippen molar-refractivity contribution in [2.24, 2.45) is 17.8 Å². The second-order valence-electron chi connectivity index (χ2n) is 10.6. The molecule has 2 saturated carbocycles. The lowest BCUT2D eigenvalue weighted by molar-refractivity contribution is 0.0696. The van der Waals surface area contributed by atoms with Crippen molar-refractivity contribution in [3.63, 3.8) is 0 Å². The highest BCUT2D eigenvalue weighted by Gasteiger charge is 2.54. The largest absolute Gasteiger partial charge is 0.478 e. The van der Waals surface area contributed by atoms with Crippen LogP contribution in [0.5, 0.6) is 0 Å². The Hall–Kier alpha value is -3.24. The molecule has 0 amide bonds. The van der Waals surface area contributed by atoms with Crippen molar-refractivity contribution in [2.75, 3.05) is 18.0 Å². The molecule has 1 aliphatic heterocycles. The second kappa shape index (κ2) is 9.99. The van der Waals surface area contributed by atoms with Crippen molar-refractivity contribution in [1.29, 1.82) is 0 Å². The highest BCUT2D eigenvalue weighted by molar-refractivity contribution is 7.18. The summed E-state index contributed by atoms with van der Waals surface area (Å²) in [5, 5.41) is 25.2. The van der Waals surface area contributed by atoms with Gasteiger partial charge in [0.2, 0.25) is 0 Å². The van der Waals surface area contributed by atoms with Gasteiger partial charge in [-0.1, -0.05) is 51.8 Å². The van der Waals surface area contributed by atoms with Crippen LogP contribution in [0.3, 0.4) is 0 Å². The highest BCUT2D eigenvalue weighted by Crippen LogP contribution is 2.55. The molecule has 40 heavy (non-hydrogen) atoms. The number of aromatic nitrogens is 3.